The second-order valence-corrected chi connectivity index (χ2v) is 7.39. The maximum absolute atomic E-state index is 12.5. The predicted molar refractivity (Wildman–Crippen MR) is 103 cm³/mol. The highest BCUT2D eigenvalue weighted by atomic mass is 32.1. The number of rotatable bonds is 5. The number of nitrogens with zero attached hydrogens (tertiary/aromatic N) is 5. The SMILES string of the molecule is Cc1cc(C(=O)Nc2nccs2)nc(C2CCCN2Cc2ccccn2)n1. The van der Waals surface area contributed by atoms with Gasteiger partial charge in [-0.05, 0) is 44.5 Å². The topological polar surface area (TPSA) is 83.9 Å². The van der Waals surface area contributed by atoms with Crippen LogP contribution in [0.5, 0.6) is 0 Å². The average molecular weight is 380 g/mol. The number of pyridine rings is 1. The van der Waals surface area contributed by atoms with E-state index in [0.717, 1.165) is 37.3 Å². The normalized spacial score (nSPS) is 17.1. The average Bonchev–Trinajstić information content (AvgIpc) is 3.34. The first-order valence-corrected chi connectivity index (χ1v) is 9.77. The van der Waals surface area contributed by atoms with Gasteiger partial charge in [0.1, 0.15) is 11.5 Å². The summed E-state index contributed by atoms with van der Waals surface area (Å²) >= 11 is 1.38. The minimum absolute atomic E-state index is 0.0957. The minimum Gasteiger partial charge on any atom is -0.296 e. The smallest absolute Gasteiger partial charge is 0.276 e. The molecule has 1 aliphatic heterocycles. The molecule has 27 heavy (non-hydrogen) atoms. The van der Waals surface area contributed by atoms with Crippen molar-refractivity contribution in [1.82, 2.24) is 24.8 Å². The number of aryl methyl sites for hydroxylation is 1. The number of carbonyl (C=O) groups excluding carboxylic acids is 1. The standard InChI is InChI=1S/C19H20N6OS/c1-13-11-15(18(26)24-19-21-8-10-27-19)23-17(22-13)16-6-4-9-25(16)12-14-5-2-3-7-20-14/h2-3,5,7-8,10-11,16H,4,6,9,12H2,1H3,(H,21,24,26). The summed E-state index contributed by atoms with van der Waals surface area (Å²) in [5.41, 5.74) is 2.19. The van der Waals surface area contributed by atoms with Crippen molar-refractivity contribution in [3.63, 3.8) is 0 Å². The van der Waals surface area contributed by atoms with Gasteiger partial charge >= 0.3 is 0 Å². The van der Waals surface area contributed by atoms with Crippen LogP contribution in [0.2, 0.25) is 0 Å². The van der Waals surface area contributed by atoms with Crippen molar-refractivity contribution in [2.24, 2.45) is 0 Å². The van der Waals surface area contributed by atoms with Gasteiger partial charge in [0.25, 0.3) is 5.91 Å². The zero-order valence-corrected chi connectivity index (χ0v) is 15.8. The Kier molecular flexibility index (Phi) is 5.17. The van der Waals surface area contributed by atoms with Crippen LogP contribution in [-0.2, 0) is 6.54 Å². The van der Waals surface area contributed by atoms with E-state index >= 15 is 0 Å². The summed E-state index contributed by atoms with van der Waals surface area (Å²) in [6.07, 6.45) is 5.52. The van der Waals surface area contributed by atoms with Gasteiger partial charge in [0.05, 0.1) is 11.7 Å². The van der Waals surface area contributed by atoms with Crippen LogP contribution in [0.4, 0.5) is 5.13 Å². The molecule has 1 aliphatic rings. The van der Waals surface area contributed by atoms with Crippen molar-refractivity contribution >= 4 is 22.4 Å². The van der Waals surface area contributed by atoms with Gasteiger partial charge in [0.2, 0.25) is 0 Å². The van der Waals surface area contributed by atoms with E-state index in [4.69, 9.17) is 0 Å². The summed E-state index contributed by atoms with van der Waals surface area (Å²) in [4.78, 5) is 32.6. The summed E-state index contributed by atoms with van der Waals surface area (Å²) < 4.78 is 0. The number of amides is 1. The number of anilines is 1. The van der Waals surface area contributed by atoms with Crippen LogP contribution in [0.25, 0.3) is 0 Å². The second kappa shape index (κ2) is 7.89. The number of aromatic nitrogens is 4. The van der Waals surface area contributed by atoms with Gasteiger partial charge in [-0.15, -0.1) is 11.3 Å². The molecule has 1 N–H and O–H groups in total. The molecule has 8 heteroatoms. The van der Waals surface area contributed by atoms with E-state index in [0.29, 0.717) is 16.6 Å². The highest BCUT2D eigenvalue weighted by Gasteiger charge is 2.29. The Morgan fingerprint density at radius 1 is 1.30 bits per heavy atom. The molecule has 1 amide bonds. The van der Waals surface area contributed by atoms with Crippen molar-refractivity contribution < 1.29 is 4.79 Å². The highest BCUT2D eigenvalue weighted by Crippen LogP contribution is 2.31. The third-order valence-corrected chi connectivity index (χ3v) is 5.20. The molecule has 4 rings (SSSR count). The maximum Gasteiger partial charge on any atom is 0.276 e. The Hall–Kier alpha value is -2.71. The highest BCUT2D eigenvalue weighted by molar-refractivity contribution is 7.13. The van der Waals surface area contributed by atoms with Crippen LogP contribution in [0.15, 0.2) is 42.0 Å². The Balaban J connectivity index is 1.55. The number of likely N-dealkylation sites (tertiary alicyclic amines) is 1. The van der Waals surface area contributed by atoms with Crippen LogP contribution in [0.3, 0.4) is 0 Å². The molecule has 3 aromatic heterocycles. The Morgan fingerprint density at radius 3 is 3.00 bits per heavy atom. The van der Waals surface area contributed by atoms with Crippen molar-refractivity contribution in [3.05, 3.63) is 64.9 Å². The van der Waals surface area contributed by atoms with Crippen LogP contribution in [0.1, 0.15) is 46.6 Å². The molecular weight excluding hydrogens is 360 g/mol. The molecule has 4 heterocycles. The van der Waals surface area contributed by atoms with Gasteiger partial charge in [-0.25, -0.2) is 15.0 Å². The van der Waals surface area contributed by atoms with E-state index in [-0.39, 0.29) is 11.9 Å². The summed E-state index contributed by atoms with van der Waals surface area (Å²) in [6, 6.07) is 7.75. The van der Waals surface area contributed by atoms with Gasteiger partial charge in [0.15, 0.2) is 5.13 Å². The molecule has 1 atom stereocenters. The molecule has 0 radical (unpaired) electrons. The fourth-order valence-electron chi connectivity index (χ4n) is 3.31. The van der Waals surface area contributed by atoms with Gasteiger partial charge < -0.3 is 0 Å². The van der Waals surface area contributed by atoms with E-state index in [1.54, 1.807) is 12.3 Å². The summed E-state index contributed by atoms with van der Waals surface area (Å²) in [7, 11) is 0. The maximum atomic E-state index is 12.5. The van der Waals surface area contributed by atoms with Crippen molar-refractivity contribution in [2.75, 3.05) is 11.9 Å². The van der Waals surface area contributed by atoms with Gasteiger partial charge in [0, 0.05) is 30.0 Å². The molecule has 1 saturated heterocycles. The van der Waals surface area contributed by atoms with E-state index in [9.17, 15) is 4.79 Å². The van der Waals surface area contributed by atoms with E-state index in [2.05, 4.69) is 30.2 Å². The lowest BCUT2D eigenvalue weighted by atomic mass is 10.2. The first-order chi connectivity index (χ1) is 13.2. The zero-order chi connectivity index (χ0) is 18.6. The minimum atomic E-state index is -0.258. The molecule has 0 spiro atoms. The largest absolute Gasteiger partial charge is 0.296 e. The quantitative estimate of drug-likeness (QED) is 0.732. The molecule has 138 valence electrons. The molecular formula is C19H20N6OS. The molecule has 3 aromatic rings. The van der Waals surface area contributed by atoms with Crippen molar-refractivity contribution in [2.45, 2.75) is 32.4 Å². The fraction of sp³-hybridized carbons (Fsp3) is 0.316. The molecule has 1 unspecified atom stereocenters. The summed E-state index contributed by atoms with van der Waals surface area (Å²) in [5, 5.41) is 5.17. The molecule has 1 fully saturated rings. The lowest BCUT2D eigenvalue weighted by Gasteiger charge is -2.23. The first-order valence-electron chi connectivity index (χ1n) is 8.89. The Morgan fingerprint density at radius 2 is 2.22 bits per heavy atom. The molecule has 0 aromatic carbocycles. The fourth-order valence-corrected chi connectivity index (χ4v) is 3.83. The van der Waals surface area contributed by atoms with Gasteiger partial charge in [-0.1, -0.05) is 6.07 Å². The monoisotopic (exact) mass is 380 g/mol. The third kappa shape index (κ3) is 4.17. The number of nitrogens with one attached hydrogen (secondary N) is 1. The van der Waals surface area contributed by atoms with E-state index < -0.39 is 0 Å². The first kappa shape index (κ1) is 17.7. The van der Waals surface area contributed by atoms with Crippen molar-refractivity contribution in [1.29, 1.82) is 0 Å². The van der Waals surface area contributed by atoms with Gasteiger partial charge in [-0.3, -0.25) is 20.0 Å². The lowest BCUT2D eigenvalue weighted by Crippen LogP contribution is -2.26. The van der Waals surface area contributed by atoms with E-state index in [1.807, 2.05) is 36.7 Å². The van der Waals surface area contributed by atoms with Gasteiger partial charge in [-0.2, -0.15) is 0 Å². The van der Waals surface area contributed by atoms with Crippen LogP contribution in [0, 0.1) is 6.92 Å². The van der Waals surface area contributed by atoms with Crippen LogP contribution < -0.4 is 5.32 Å². The Labute approximate surface area is 161 Å². The molecule has 0 aliphatic carbocycles. The predicted octanol–water partition coefficient (Wildman–Crippen LogP) is 3.23. The number of hydrogen-bond acceptors (Lipinski definition) is 7. The number of carbonyl (C=O) groups is 1. The number of hydrogen-bond donors (Lipinski definition) is 1. The molecule has 0 saturated carbocycles. The third-order valence-electron chi connectivity index (χ3n) is 4.51. The molecule has 0 bridgehead atoms. The zero-order valence-electron chi connectivity index (χ0n) is 15.0. The lowest BCUT2D eigenvalue weighted by molar-refractivity contribution is 0.102. The van der Waals surface area contributed by atoms with Crippen molar-refractivity contribution in [3.8, 4) is 0 Å². The van der Waals surface area contributed by atoms with Crippen LogP contribution >= 0.6 is 11.3 Å². The summed E-state index contributed by atoms with van der Waals surface area (Å²) in [6.45, 7) is 3.62. The van der Waals surface area contributed by atoms with E-state index in [1.165, 1.54) is 11.3 Å². The molecule has 7 nitrogen and oxygen atoms in total. The number of thiazole rings is 1. The summed E-state index contributed by atoms with van der Waals surface area (Å²) in [5.74, 6) is 0.443. The Bertz CT molecular complexity index is 915. The van der Waals surface area contributed by atoms with Crippen LogP contribution in [-0.4, -0.2) is 37.3 Å². The second-order valence-electron chi connectivity index (χ2n) is 6.49.